The molecule has 0 radical (unpaired) electrons. The minimum Gasteiger partial charge on any atom is -0.481 e. The van der Waals surface area contributed by atoms with Crippen LogP contribution in [-0.4, -0.2) is 26.1 Å². The third-order valence-electron chi connectivity index (χ3n) is 1.81. The van der Waals surface area contributed by atoms with Gasteiger partial charge in [-0.05, 0) is 5.92 Å². The quantitative estimate of drug-likeness (QED) is 0.743. The van der Waals surface area contributed by atoms with Crippen LogP contribution < -0.4 is 0 Å². The average molecular weight is 183 g/mol. The number of carbonyl (C=O) groups is 1. The zero-order valence-corrected chi connectivity index (χ0v) is 7.98. The Morgan fingerprint density at radius 1 is 1.62 bits per heavy atom. The standard InChI is InChI=1S/C8H13N3O2/c1-5(2)8-6(4-7(12)13)9-10-11(8)3/h5H,4H2,1-3H3,(H,12,13). The third kappa shape index (κ3) is 2.05. The van der Waals surface area contributed by atoms with Gasteiger partial charge in [-0.25, -0.2) is 0 Å². The first-order valence-corrected chi connectivity index (χ1v) is 4.12. The van der Waals surface area contributed by atoms with Gasteiger partial charge in [-0.2, -0.15) is 0 Å². The van der Waals surface area contributed by atoms with E-state index in [0.29, 0.717) is 5.69 Å². The first-order chi connectivity index (χ1) is 6.02. The maximum absolute atomic E-state index is 10.5. The molecule has 0 bridgehead atoms. The van der Waals surface area contributed by atoms with Gasteiger partial charge in [0.05, 0.1) is 17.8 Å². The van der Waals surface area contributed by atoms with E-state index >= 15 is 0 Å². The molecule has 0 spiro atoms. The number of rotatable bonds is 3. The third-order valence-corrected chi connectivity index (χ3v) is 1.81. The molecule has 1 aromatic rings. The summed E-state index contributed by atoms with van der Waals surface area (Å²) in [5.74, 6) is -0.628. The Labute approximate surface area is 76.4 Å². The summed E-state index contributed by atoms with van der Waals surface area (Å²) in [6, 6.07) is 0. The number of nitrogens with zero attached hydrogens (tertiary/aromatic N) is 3. The van der Waals surface area contributed by atoms with Crippen LogP contribution in [0.25, 0.3) is 0 Å². The molecule has 0 aliphatic heterocycles. The fourth-order valence-corrected chi connectivity index (χ4v) is 1.38. The van der Waals surface area contributed by atoms with Crippen LogP contribution in [0.3, 0.4) is 0 Å². The molecule has 5 nitrogen and oxygen atoms in total. The second-order valence-electron chi connectivity index (χ2n) is 3.27. The maximum Gasteiger partial charge on any atom is 0.309 e. The minimum atomic E-state index is -0.873. The largest absolute Gasteiger partial charge is 0.481 e. The Bertz CT molecular complexity index is 317. The zero-order valence-electron chi connectivity index (χ0n) is 7.98. The molecule has 0 saturated heterocycles. The number of aryl methyl sites for hydroxylation is 1. The van der Waals surface area contributed by atoms with Crippen molar-refractivity contribution in [1.82, 2.24) is 15.0 Å². The summed E-state index contributed by atoms with van der Waals surface area (Å²) >= 11 is 0. The monoisotopic (exact) mass is 183 g/mol. The van der Waals surface area contributed by atoms with E-state index < -0.39 is 5.97 Å². The minimum absolute atomic E-state index is 0.0542. The van der Waals surface area contributed by atoms with Gasteiger partial charge >= 0.3 is 5.97 Å². The Kier molecular flexibility index (Phi) is 2.65. The van der Waals surface area contributed by atoms with Crippen LogP contribution in [0.4, 0.5) is 0 Å². The summed E-state index contributed by atoms with van der Waals surface area (Å²) in [5, 5.41) is 16.2. The summed E-state index contributed by atoms with van der Waals surface area (Å²) in [4.78, 5) is 10.5. The number of carboxylic acids is 1. The lowest BCUT2D eigenvalue weighted by atomic mass is 10.1. The van der Waals surface area contributed by atoms with Gasteiger partial charge in [-0.3, -0.25) is 9.48 Å². The fourth-order valence-electron chi connectivity index (χ4n) is 1.38. The number of hydrogen-bond acceptors (Lipinski definition) is 3. The van der Waals surface area contributed by atoms with Gasteiger partial charge in [0.2, 0.25) is 0 Å². The molecule has 1 aromatic heterocycles. The van der Waals surface area contributed by atoms with Crippen LogP contribution in [0, 0.1) is 0 Å². The topological polar surface area (TPSA) is 68.0 Å². The van der Waals surface area contributed by atoms with Crippen molar-refractivity contribution in [2.45, 2.75) is 26.2 Å². The maximum atomic E-state index is 10.5. The van der Waals surface area contributed by atoms with Crippen molar-refractivity contribution < 1.29 is 9.90 Å². The van der Waals surface area contributed by atoms with Gasteiger partial charge in [0.1, 0.15) is 0 Å². The Hall–Kier alpha value is -1.39. The predicted octanol–water partition coefficient (Wildman–Crippen LogP) is 0.566. The molecule has 1 N–H and O–H groups in total. The van der Waals surface area contributed by atoms with E-state index in [1.807, 2.05) is 13.8 Å². The van der Waals surface area contributed by atoms with E-state index in [1.54, 1.807) is 11.7 Å². The molecular formula is C8H13N3O2. The molecular weight excluding hydrogens is 170 g/mol. The highest BCUT2D eigenvalue weighted by Crippen LogP contribution is 2.16. The lowest BCUT2D eigenvalue weighted by Crippen LogP contribution is -2.06. The molecule has 0 amide bonds. The summed E-state index contributed by atoms with van der Waals surface area (Å²) in [6.07, 6.45) is -0.0542. The Morgan fingerprint density at radius 3 is 2.69 bits per heavy atom. The van der Waals surface area contributed by atoms with Crippen LogP contribution in [0.2, 0.25) is 0 Å². The van der Waals surface area contributed by atoms with Crippen molar-refractivity contribution in [3.8, 4) is 0 Å². The number of aliphatic carboxylic acids is 1. The normalized spacial score (nSPS) is 10.8. The lowest BCUT2D eigenvalue weighted by Gasteiger charge is -2.05. The lowest BCUT2D eigenvalue weighted by molar-refractivity contribution is -0.136. The highest BCUT2D eigenvalue weighted by Gasteiger charge is 2.15. The first-order valence-electron chi connectivity index (χ1n) is 4.12. The first kappa shape index (κ1) is 9.70. The van der Waals surface area contributed by atoms with Crippen LogP contribution >= 0.6 is 0 Å². The summed E-state index contributed by atoms with van der Waals surface area (Å²) < 4.78 is 1.63. The van der Waals surface area contributed by atoms with Crippen LogP contribution in [0.15, 0.2) is 0 Å². The van der Waals surface area contributed by atoms with Gasteiger partial charge in [0.25, 0.3) is 0 Å². The highest BCUT2D eigenvalue weighted by molar-refractivity contribution is 5.69. The summed E-state index contributed by atoms with van der Waals surface area (Å²) in [7, 11) is 1.77. The van der Waals surface area contributed by atoms with E-state index in [2.05, 4.69) is 10.3 Å². The van der Waals surface area contributed by atoms with E-state index in [4.69, 9.17) is 5.11 Å². The SMILES string of the molecule is CC(C)c1c(CC(=O)O)nnn1C. The summed E-state index contributed by atoms with van der Waals surface area (Å²) in [6.45, 7) is 3.98. The molecule has 0 unspecified atom stereocenters. The van der Waals surface area contributed by atoms with Gasteiger partial charge in [0.15, 0.2) is 0 Å². The van der Waals surface area contributed by atoms with Gasteiger partial charge in [0, 0.05) is 7.05 Å². The molecule has 72 valence electrons. The van der Waals surface area contributed by atoms with Crippen molar-refractivity contribution in [2.24, 2.45) is 7.05 Å². The van der Waals surface area contributed by atoms with Crippen LogP contribution in [-0.2, 0) is 18.3 Å². The van der Waals surface area contributed by atoms with Crippen molar-refractivity contribution in [2.75, 3.05) is 0 Å². The second-order valence-corrected chi connectivity index (χ2v) is 3.27. The Morgan fingerprint density at radius 2 is 2.23 bits per heavy atom. The van der Waals surface area contributed by atoms with Crippen molar-refractivity contribution in [1.29, 1.82) is 0 Å². The molecule has 0 aliphatic rings. The van der Waals surface area contributed by atoms with E-state index in [1.165, 1.54) is 0 Å². The van der Waals surface area contributed by atoms with Gasteiger partial charge < -0.3 is 5.11 Å². The highest BCUT2D eigenvalue weighted by atomic mass is 16.4. The molecule has 0 aliphatic carbocycles. The van der Waals surface area contributed by atoms with Crippen molar-refractivity contribution in [3.63, 3.8) is 0 Å². The predicted molar refractivity (Wildman–Crippen MR) is 46.4 cm³/mol. The smallest absolute Gasteiger partial charge is 0.309 e. The molecule has 1 rings (SSSR count). The Balaban J connectivity index is 3.00. The van der Waals surface area contributed by atoms with E-state index in [9.17, 15) is 4.79 Å². The van der Waals surface area contributed by atoms with Crippen LogP contribution in [0.5, 0.6) is 0 Å². The summed E-state index contributed by atoms with van der Waals surface area (Å²) in [5.41, 5.74) is 1.45. The average Bonchev–Trinajstić information content (AvgIpc) is 2.30. The molecule has 0 aromatic carbocycles. The molecule has 0 fully saturated rings. The molecule has 1 heterocycles. The molecule has 13 heavy (non-hydrogen) atoms. The van der Waals surface area contributed by atoms with Gasteiger partial charge in [-0.1, -0.05) is 19.1 Å². The molecule has 0 saturated carbocycles. The van der Waals surface area contributed by atoms with E-state index in [-0.39, 0.29) is 12.3 Å². The van der Waals surface area contributed by atoms with Gasteiger partial charge in [-0.15, -0.1) is 5.10 Å². The molecule has 5 heteroatoms. The number of aromatic nitrogens is 3. The number of carboxylic acid groups (broad SMARTS) is 1. The van der Waals surface area contributed by atoms with Crippen molar-refractivity contribution in [3.05, 3.63) is 11.4 Å². The van der Waals surface area contributed by atoms with Crippen LogP contribution in [0.1, 0.15) is 31.2 Å². The molecule has 0 atom stereocenters. The zero-order chi connectivity index (χ0) is 10.0. The second kappa shape index (κ2) is 3.55. The number of hydrogen-bond donors (Lipinski definition) is 1. The van der Waals surface area contributed by atoms with E-state index in [0.717, 1.165) is 5.69 Å². The fraction of sp³-hybridized carbons (Fsp3) is 0.625. The van der Waals surface area contributed by atoms with Crippen molar-refractivity contribution >= 4 is 5.97 Å².